The molecular weight excluding hydrogens is 234 g/mol. The van der Waals surface area contributed by atoms with E-state index in [0.717, 1.165) is 5.56 Å². The molecule has 1 amide bonds. The van der Waals surface area contributed by atoms with Gasteiger partial charge in [0.2, 0.25) is 5.91 Å². The molecule has 1 rings (SSSR count). The van der Waals surface area contributed by atoms with Crippen LogP contribution < -0.4 is 0 Å². The van der Waals surface area contributed by atoms with Crippen LogP contribution in [0.1, 0.15) is 45.2 Å². The van der Waals surface area contributed by atoms with Crippen molar-refractivity contribution in [3.63, 3.8) is 0 Å². The Morgan fingerprint density at radius 3 is 2.11 bits per heavy atom. The number of carbonyl (C=O) groups is 1. The second-order valence-corrected chi connectivity index (χ2v) is 5.51. The van der Waals surface area contributed by atoms with E-state index in [4.69, 9.17) is 0 Å². The third-order valence-corrected chi connectivity index (χ3v) is 3.08. The Hall–Kier alpha value is -1.57. The van der Waals surface area contributed by atoms with Crippen LogP contribution in [0.5, 0.6) is 0 Å². The molecule has 0 radical (unpaired) electrons. The second kappa shape index (κ2) is 7.13. The highest BCUT2D eigenvalue weighted by atomic mass is 16.2. The molecule has 0 N–H and O–H groups in total. The number of nitrogens with zero attached hydrogens (tertiary/aromatic N) is 1. The van der Waals surface area contributed by atoms with Crippen molar-refractivity contribution in [3.8, 4) is 0 Å². The zero-order valence-corrected chi connectivity index (χ0v) is 12.7. The molecule has 0 saturated heterocycles. The lowest BCUT2D eigenvalue weighted by atomic mass is 10.1. The molecule has 0 aromatic heterocycles. The Morgan fingerprint density at radius 1 is 1.11 bits per heavy atom. The first kappa shape index (κ1) is 15.5. The summed E-state index contributed by atoms with van der Waals surface area (Å²) in [7, 11) is 0. The number of benzene rings is 1. The average Bonchev–Trinajstić information content (AvgIpc) is 2.30. The maximum absolute atomic E-state index is 12.1. The summed E-state index contributed by atoms with van der Waals surface area (Å²) in [6, 6.07) is 8.80. The molecule has 0 aliphatic rings. The van der Waals surface area contributed by atoms with Crippen molar-refractivity contribution < 1.29 is 4.79 Å². The molecule has 0 bridgehead atoms. The van der Waals surface area contributed by atoms with Crippen LogP contribution in [0.25, 0.3) is 6.08 Å². The predicted octanol–water partition coefficient (Wildman–Crippen LogP) is 4.04. The minimum atomic E-state index is 0.188. The zero-order valence-electron chi connectivity index (χ0n) is 12.7. The van der Waals surface area contributed by atoms with Crippen molar-refractivity contribution in [1.29, 1.82) is 0 Å². The summed E-state index contributed by atoms with van der Waals surface area (Å²) in [5.74, 6) is 0.188. The first-order valence-corrected chi connectivity index (χ1v) is 6.96. The number of rotatable bonds is 5. The summed E-state index contributed by atoms with van der Waals surface area (Å²) in [4.78, 5) is 14.1. The van der Waals surface area contributed by atoms with Crippen LogP contribution in [0.3, 0.4) is 0 Å². The van der Waals surface area contributed by atoms with Crippen molar-refractivity contribution in [3.05, 3.63) is 41.5 Å². The van der Waals surface area contributed by atoms with Gasteiger partial charge >= 0.3 is 0 Å². The smallest absolute Gasteiger partial charge is 0.226 e. The molecule has 0 atom stereocenters. The van der Waals surface area contributed by atoms with Gasteiger partial charge in [0.1, 0.15) is 0 Å². The van der Waals surface area contributed by atoms with Crippen molar-refractivity contribution in [1.82, 2.24) is 4.90 Å². The first-order valence-electron chi connectivity index (χ1n) is 6.96. The van der Waals surface area contributed by atoms with Gasteiger partial charge in [-0.2, -0.15) is 0 Å². The SMILES string of the molecule is Cc1ccc(/C=C/CC(=O)N(C(C)C)C(C)C)cc1. The molecular formula is C17H25NO. The second-order valence-electron chi connectivity index (χ2n) is 5.51. The quantitative estimate of drug-likeness (QED) is 0.781. The van der Waals surface area contributed by atoms with Crippen molar-refractivity contribution in [2.75, 3.05) is 0 Å². The molecule has 1 aromatic carbocycles. The topological polar surface area (TPSA) is 20.3 Å². The third-order valence-electron chi connectivity index (χ3n) is 3.08. The standard InChI is InChI=1S/C17H25NO/c1-13(2)18(14(3)4)17(19)8-6-7-16-11-9-15(5)10-12-16/h6-7,9-14H,8H2,1-5H3/b7-6+. The lowest BCUT2D eigenvalue weighted by Gasteiger charge is -2.30. The van der Waals surface area contributed by atoms with Crippen LogP contribution in [0.15, 0.2) is 30.3 Å². The lowest BCUT2D eigenvalue weighted by Crippen LogP contribution is -2.41. The van der Waals surface area contributed by atoms with Crippen LogP contribution in [-0.4, -0.2) is 22.9 Å². The van der Waals surface area contributed by atoms with Gasteiger partial charge in [0.25, 0.3) is 0 Å². The number of amides is 1. The van der Waals surface area contributed by atoms with Gasteiger partial charge in [0, 0.05) is 18.5 Å². The van der Waals surface area contributed by atoms with Crippen LogP contribution in [0.2, 0.25) is 0 Å². The predicted molar refractivity (Wildman–Crippen MR) is 81.9 cm³/mol. The van der Waals surface area contributed by atoms with E-state index < -0.39 is 0 Å². The summed E-state index contributed by atoms with van der Waals surface area (Å²) in [6.45, 7) is 10.3. The molecule has 0 fully saturated rings. The maximum atomic E-state index is 12.1. The van der Waals surface area contributed by atoms with Crippen LogP contribution >= 0.6 is 0 Å². The number of aryl methyl sites for hydroxylation is 1. The fourth-order valence-corrected chi connectivity index (χ4v) is 2.25. The average molecular weight is 259 g/mol. The highest BCUT2D eigenvalue weighted by Crippen LogP contribution is 2.10. The van der Waals surface area contributed by atoms with Gasteiger partial charge in [0.15, 0.2) is 0 Å². The molecule has 0 spiro atoms. The van der Waals surface area contributed by atoms with E-state index in [-0.39, 0.29) is 18.0 Å². The van der Waals surface area contributed by atoms with Gasteiger partial charge in [-0.1, -0.05) is 42.0 Å². The summed E-state index contributed by atoms with van der Waals surface area (Å²) in [6.07, 6.45) is 4.42. The Kier molecular flexibility index (Phi) is 5.81. The molecule has 2 nitrogen and oxygen atoms in total. The Balaban J connectivity index is 2.60. The summed E-state index contributed by atoms with van der Waals surface area (Å²) in [5, 5.41) is 0. The number of hydrogen-bond donors (Lipinski definition) is 0. The molecule has 0 aliphatic heterocycles. The molecule has 0 saturated carbocycles. The van der Waals surface area contributed by atoms with Crippen LogP contribution in [0.4, 0.5) is 0 Å². The normalized spacial score (nSPS) is 11.5. The maximum Gasteiger partial charge on any atom is 0.226 e. The van der Waals surface area contributed by atoms with Gasteiger partial charge < -0.3 is 4.90 Å². The van der Waals surface area contributed by atoms with Crippen molar-refractivity contribution in [2.45, 2.75) is 53.1 Å². The van der Waals surface area contributed by atoms with Gasteiger partial charge in [-0.05, 0) is 40.2 Å². The highest BCUT2D eigenvalue weighted by molar-refractivity contribution is 5.79. The summed E-state index contributed by atoms with van der Waals surface area (Å²) < 4.78 is 0. The van der Waals surface area contributed by atoms with Gasteiger partial charge in [-0.3, -0.25) is 4.79 Å². The highest BCUT2D eigenvalue weighted by Gasteiger charge is 2.18. The summed E-state index contributed by atoms with van der Waals surface area (Å²) >= 11 is 0. The van der Waals surface area contributed by atoms with Crippen LogP contribution in [-0.2, 0) is 4.79 Å². The van der Waals surface area contributed by atoms with E-state index in [0.29, 0.717) is 6.42 Å². The van der Waals surface area contributed by atoms with E-state index in [9.17, 15) is 4.79 Å². The fourth-order valence-electron chi connectivity index (χ4n) is 2.25. The first-order chi connectivity index (χ1) is 8.91. The Morgan fingerprint density at radius 2 is 1.63 bits per heavy atom. The zero-order chi connectivity index (χ0) is 14.4. The number of carbonyl (C=O) groups excluding carboxylic acids is 1. The van der Waals surface area contributed by atoms with Gasteiger partial charge in [-0.25, -0.2) is 0 Å². The van der Waals surface area contributed by atoms with Gasteiger partial charge in [-0.15, -0.1) is 0 Å². The van der Waals surface area contributed by atoms with E-state index in [2.05, 4.69) is 58.9 Å². The Labute approximate surface area is 117 Å². The largest absolute Gasteiger partial charge is 0.338 e. The monoisotopic (exact) mass is 259 g/mol. The van der Waals surface area contributed by atoms with E-state index >= 15 is 0 Å². The van der Waals surface area contributed by atoms with E-state index in [1.807, 2.05) is 17.1 Å². The van der Waals surface area contributed by atoms with Crippen LogP contribution in [0, 0.1) is 6.92 Å². The molecule has 1 aromatic rings. The third kappa shape index (κ3) is 4.90. The molecule has 19 heavy (non-hydrogen) atoms. The molecule has 0 unspecified atom stereocenters. The number of hydrogen-bond acceptors (Lipinski definition) is 1. The van der Waals surface area contributed by atoms with E-state index in [1.54, 1.807) is 0 Å². The lowest BCUT2D eigenvalue weighted by molar-refractivity contribution is -0.133. The van der Waals surface area contributed by atoms with Crippen molar-refractivity contribution in [2.24, 2.45) is 0 Å². The van der Waals surface area contributed by atoms with Gasteiger partial charge in [0.05, 0.1) is 0 Å². The Bertz CT molecular complexity index is 421. The molecule has 0 aliphatic carbocycles. The van der Waals surface area contributed by atoms with E-state index in [1.165, 1.54) is 5.56 Å². The fraction of sp³-hybridized carbons (Fsp3) is 0.471. The van der Waals surface area contributed by atoms with Crippen molar-refractivity contribution >= 4 is 12.0 Å². The minimum Gasteiger partial charge on any atom is -0.338 e. The molecule has 2 heteroatoms. The minimum absolute atomic E-state index is 0.188. The molecule has 104 valence electrons. The molecule has 0 heterocycles. The summed E-state index contributed by atoms with van der Waals surface area (Å²) in [5.41, 5.74) is 2.39.